The highest BCUT2D eigenvalue weighted by atomic mass is 19.1. The summed E-state index contributed by atoms with van der Waals surface area (Å²) in [6, 6.07) is 2.45. The largest absolute Gasteiger partial charge is 0.465 e. The number of anilines is 1. The van der Waals surface area contributed by atoms with Crippen molar-refractivity contribution in [2.24, 2.45) is 5.92 Å². The highest BCUT2D eigenvalue weighted by Gasteiger charge is 2.26. The van der Waals surface area contributed by atoms with Gasteiger partial charge in [0.25, 0.3) is 5.91 Å². The van der Waals surface area contributed by atoms with Gasteiger partial charge in [-0.2, -0.15) is 0 Å². The number of carbonyl (C=O) groups excluding carboxylic acids is 2. The third-order valence-corrected chi connectivity index (χ3v) is 4.22. The smallest absolute Gasteiger partial charge is 0.338 e. The van der Waals surface area contributed by atoms with Gasteiger partial charge in [-0.3, -0.25) is 4.79 Å². The van der Waals surface area contributed by atoms with Gasteiger partial charge in [0.15, 0.2) is 5.89 Å². The number of nitrogens with one attached hydrogen (secondary N) is 1. The summed E-state index contributed by atoms with van der Waals surface area (Å²) in [4.78, 5) is 28.4. The number of esters is 1. The summed E-state index contributed by atoms with van der Waals surface area (Å²) in [5.41, 5.74) is 0.904. The fourth-order valence-electron chi connectivity index (χ4n) is 2.54. The van der Waals surface area contributed by atoms with Gasteiger partial charge in [0.2, 0.25) is 5.76 Å². The summed E-state index contributed by atoms with van der Waals surface area (Å²) in [5.74, 6) is -0.604. The van der Waals surface area contributed by atoms with Crippen LogP contribution in [-0.4, -0.2) is 24.0 Å². The number of benzene rings is 1. The van der Waals surface area contributed by atoms with E-state index >= 15 is 0 Å². The van der Waals surface area contributed by atoms with Gasteiger partial charge in [-0.1, -0.05) is 0 Å². The molecule has 2 aromatic rings. The van der Waals surface area contributed by atoms with E-state index in [1.807, 2.05) is 0 Å². The number of oxazole rings is 1. The molecular weight excluding hydrogens is 327 g/mol. The average molecular weight is 346 g/mol. The molecule has 1 aromatic carbocycles. The summed E-state index contributed by atoms with van der Waals surface area (Å²) < 4.78 is 24.2. The van der Waals surface area contributed by atoms with Gasteiger partial charge in [0, 0.05) is 17.7 Å². The molecule has 7 heteroatoms. The Morgan fingerprint density at radius 3 is 2.72 bits per heavy atom. The van der Waals surface area contributed by atoms with Crippen LogP contribution in [0.15, 0.2) is 16.5 Å². The molecule has 0 saturated heterocycles. The number of carbonyl (C=O) groups is 2. The van der Waals surface area contributed by atoms with Gasteiger partial charge < -0.3 is 14.5 Å². The fraction of sp³-hybridized carbons (Fsp3) is 0.389. The molecule has 0 radical (unpaired) electrons. The number of aryl methyl sites for hydroxylation is 1. The molecule has 1 aliphatic carbocycles. The number of ether oxygens (including phenoxy) is 1. The number of nitrogens with zero attached hydrogens (tertiary/aromatic N) is 1. The van der Waals surface area contributed by atoms with Crippen LogP contribution in [0.4, 0.5) is 10.1 Å². The Labute approximate surface area is 144 Å². The van der Waals surface area contributed by atoms with Crippen LogP contribution in [0.3, 0.4) is 0 Å². The predicted octanol–water partition coefficient (Wildman–Crippen LogP) is 3.42. The van der Waals surface area contributed by atoms with Crippen LogP contribution in [0.1, 0.15) is 50.9 Å². The Balaban J connectivity index is 1.84. The molecule has 1 amide bonds. The van der Waals surface area contributed by atoms with E-state index < -0.39 is 17.7 Å². The summed E-state index contributed by atoms with van der Waals surface area (Å²) in [5, 5.41) is 2.59. The van der Waals surface area contributed by atoms with Crippen molar-refractivity contribution >= 4 is 17.6 Å². The zero-order valence-corrected chi connectivity index (χ0v) is 14.3. The fourth-order valence-corrected chi connectivity index (χ4v) is 2.54. The summed E-state index contributed by atoms with van der Waals surface area (Å²) in [6.45, 7) is 3.20. The Bertz CT molecular complexity index is 840. The second kappa shape index (κ2) is 6.66. The molecule has 1 aliphatic rings. The van der Waals surface area contributed by atoms with Crippen LogP contribution in [0.2, 0.25) is 0 Å². The molecule has 1 N–H and O–H groups in total. The molecule has 25 heavy (non-hydrogen) atoms. The number of methoxy groups -OCH3 is 1. The first-order chi connectivity index (χ1) is 11.9. The Kier molecular flexibility index (Phi) is 4.57. The van der Waals surface area contributed by atoms with Crippen LogP contribution in [-0.2, 0) is 11.2 Å². The number of amides is 1. The lowest BCUT2D eigenvalue weighted by Gasteiger charge is -2.10. The van der Waals surface area contributed by atoms with E-state index in [0.717, 1.165) is 25.3 Å². The predicted molar refractivity (Wildman–Crippen MR) is 88.1 cm³/mol. The van der Waals surface area contributed by atoms with Crippen molar-refractivity contribution in [2.45, 2.75) is 33.1 Å². The molecule has 0 bridgehead atoms. The lowest BCUT2D eigenvalue weighted by atomic mass is 10.1. The van der Waals surface area contributed by atoms with Gasteiger partial charge in [-0.05, 0) is 44.7 Å². The molecule has 1 heterocycles. The standard InChI is InChI=1S/C18H19FN2O4/c1-9-13(19)7-12(18(23)24-3)8-14(9)21-17(22)16-10(2)20-15(25-16)6-11-4-5-11/h7-8,11H,4-6H2,1-3H3,(H,21,22). The molecule has 1 aromatic heterocycles. The molecule has 6 nitrogen and oxygen atoms in total. The van der Waals surface area contributed by atoms with Crippen molar-refractivity contribution in [2.75, 3.05) is 12.4 Å². The Morgan fingerprint density at radius 1 is 1.36 bits per heavy atom. The van der Waals surface area contributed by atoms with Gasteiger partial charge in [-0.15, -0.1) is 0 Å². The maximum absolute atomic E-state index is 14.0. The second-order valence-electron chi connectivity index (χ2n) is 6.25. The minimum Gasteiger partial charge on any atom is -0.465 e. The molecule has 1 saturated carbocycles. The highest BCUT2D eigenvalue weighted by Crippen LogP contribution is 2.32. The lowest BCUT2D eigenvalue weighted by Crippen LogP contribution is -2.15. The van der Waals surface area contributed by atoms with Crippen LogP contribution in [0.5, 0.6) is 0 Å². The van der Waals surface area contributed by atoms with Gasteiger partial charge >= 0.3 is 5.97 Å². The van der Waals surface area contributed by atoms with Crippen molar-refractivity contribution < 1.29 is 23.1 Å². The van der Waals surface area contributed by atoms with Crippen LogP contribution < -0.4 is 5.32 Å². The first-order valence-electron chi connectivity index (χ1n) is 8.05. The minimum absolute atomic E-state index is 0.0182. The summed E-state index contributed by atoms with van der Waals surface area (Å²) in [6.07, 6.45) is 3.03. The molecule has 0 spiro atoms. The Hall–Kier alpha value is -2.70. The van der Waals surface area contributed by atoms with Gasteiger partial charge in [-0.25, -0.2) is 14.2 Å². The SMILES string of the molecule is COC(=O)c1cc(F)c(C)c(NC(=O)c2oc(CC3CC3)nc2C)c1. The normalized spacial score (nSPS) is 13.6. The maximum Gasteiger partial charge on any atom is 0.338 e. The topological polar surface area (TPSA) is 81.4 Å². The van der Waals surface area contributed by atoms with Crippen LogP contribution >= 0.6 is 0 Å². The second-order valence-corrected chi connectivity index (χ2v) is 6.25. The number of aromatic nitrogens is 1. The van der Waals surface area contributed by atoms with Gasteiger partial charge in [0.1, 0.15) is 5.82 Å². The first-order valence-corrected chi connectivity index (χ1v) is 8.05. The zero-order chi connectivity index (χ0) is 18.1. The monoisotopic (exact) mass is 346 g/mol. The van der Waals surface area contributed by atoms with E-state index in [-0.39, 0.29) is 22.6 Å². The highest BCUT2D eigenvalue weighted by molar-refractivity contribution is 6.04. The molecule has 1 fully saturated rings. The van der Waals surface area contributed by atoms with Crippen molar-refractivity contribution in [3.63, 3.8) is 0 Å². The van der Waals surface area contributed by atoms with Crippen molar-refractivity contribution in [3.8, 4) is 0 Å². The van der Waals surface area contributed by atoms with E-state index in [2.05, 4.69) is 15.0 Å². The van der Waals surface area contributed by atoms with Crippen molar-refractivity contribution in [1.29, 1.82) is 0 Å². The maximum atomic E-state index is 14.0. The number of hydrogen-bond acceptors (Lipinski definition) is 5. The van der Waals surface area contributed by atoms with Crippen LogP contribution in [0, 0.1) is 25.6 Å². The molecule has 3 rings (SSSR count). The lowest BCUT2D eigenvalue weighted by molar-refractivity contribution is 0.0600. The van der Waals surface area contributed by atoms with Crippen molar-refractivity contribution in [3.05, 3.63) is 46.4 Å². The van der Waals surface area contributed by atoms with Crippen LogP contribution in [0.25, 0.3) is 0 Å². The third kappa shape index (κ3) is 3.70. The van der Waals surface area contributed by atoms with E-state index in [1.165, 1.54) is 20.1 Å². The minimum atomic E-state index is -0.683. The van der Waals surface area contributed by atoms with Gasteiger partial charge in [0.05, 0.1) is 18.4 Å². The molecule has 132 valence electrons. The summed E-state index contributed by atoms with van der Waals surface area (Å²) in [7, 11) is 1.21. The van der Waals surface area contributed by atoms with E-state index in [4.69, 9.17) is 4.42 Å². The third-order valence-electron chi connectivity index (χ3n) is 4.22. The van der Waals surface area contributed by atoms with E-state index in [0.29, 0.717) is 17.5 Å². The zero-order valence-electron chi connectivity index (χ0n) is 14.3. The van der Waals surface area contributed by atoms with E-state index in [9.17, 15) is 14.0 Å². The Morgan fingerprint density at radius 2 is 2.08 bits per heavy atom. The number of rotatable bonds is 5. The quantitative estimate of drug-likeness (QED) is 0.839. The molecule has 0 unspecified atom stereocenters. The summed E-state index contributed by atoms with van der Waals surface area (Å²) >= 11 is 0. The number of halogens is 1. The van der Waals surface area contributed by atoms with Crippen molar-refractivity contribution in [1.82, 2.24) is 4.98 Å². The molecular formula is C18H19FN2O4. The first kappa shape index (κ1) is 17.1. The average Bonchev–Trinajstić information content (AvgIpc) is 3.31. The molecule has 0 aliphatic heterocycles. The molecule has 0 atom stereocenters. The number of hydrogen-bond donors (Lipinski definition) is 1. The van der Waals surface area contributed by atoms with E-state index in [1.54, 1.807) is 6.92 Å².